The van der Waals surface area contributed by atoms with Gasteiger partial charge in [-0.1, -0.05) is 69.6 Å². The van der Waals surface area contributed by atoms with Crippen molar-refractivity contribution < 1.29 is 9.90 Å². The van der Waals surface area contributed by atoms with Crippen LogP contribution in [0, 0.1) is 6.92 Å². The van der Waals surface area contributed by atoms with E-state index in [2.05, 4.69) is 39.5 Å². The van der Waals surface area contributed by atoms with Crippen LogP contribution in [0.2, 0.25) is 5.02 Å². The maximum Gasteiger partial charge on any atom is 0.329 e. The zero-order valence-corrected chi connectivity index (χ0v) is 21.0. The summed E-state index contributed by atoms with van der Waals surface area (Å²) in [7, 11) is 0. The van der Waals surface area contributed by atoms with E-state index >= 15 is 0 Å². The molecule has 2 amide bonds. The van der Waals surface area contributed by atoms with Gasteiger partial charge in [-0.05, 0) is 69.2 Å². The van der Waals surface area contributed by atoms with E-state index in [9.17, 15) is 4.79 Å². The van der Waals surface area contributed by atoms with Crippen molar-refractivity contribution in [1.29, 1.82) is 0 Å². The maximum absolute atomic E-state index is 13.2. The molecule has 0 saturated carbocycles. The predicted octanol–water partition coefficient (Wildman–Crippen LogP) is 8.31. The summed E-state index contributed by atoms with van der Waals surface area (Å²) >= 11 is 5.99. The van der Waals surface area contributed by atoms with Crippen LogP contribution in [0.1, 0.15) is 53.0 Å². The second-order valence-corrected chi connectivity index (χ2v) is 7.88. The molecule has 1 N–H and O–H groups in total. The van der Waals surface area contributed by atoms with Crippen LogP contribution in [-0.4, -0.2) is 23.2 Å². The Labute approximate surface area is 198 Å². The number of allylic oxidation sites excluding steroid dienone is 2. The number of aliphatic hydroxyl groups excluding tert-OH is 1. The van der Waals surface area contributed by atoms with Gasteiger partial charge in [-0.2, -0.15) is 0 Å². The second kappa shape index (κ2) is 13.0. The summed E-state index contributed by atoms with van der Waals surface area (Å²) in [6, 6.07) is 15.7. The Morgan fingerprint density at radius 3 is 1.97 bits per heavy atom. The van der Waals surface area contributed by atoms with E-state index < -0.39 is 0 Å². The molecule has 2 aromatic carbocycles. The summed E-state index contributed by atoms with van der Waals surface area (Å²) in [6.45, 7) is 16.1. The summed E-state index contributed by atoms with van der Waals surface area (Å²) in [6.07, 6.45) is 5.07. The second-order valence-electron chi connectivity index (χ2n) is 7.44. The molecule has 1 fully saturated rings. The number of rotatable bonds is 5. The zero-order valence-electron chi connectivity index (χ0n) is 20.2. The molecule has 0 aromatic heterocycles. The van der Waals surface area contributed by atoms with Gasteiger partial charge < -0.3 is 5.11 Å². The number of hydrogen-bond donors (Lipinski definition) is 1. The number of carbonyl (C=O) groups excluding carboxylic acids is 1. The van der Waals surface area contributed by atoms with Crippen LogP contribution in [0.5, 0.6) is 0 Å². The Morgan fingerprint density at radius 1 is 1.06 bits per heavy atom. The quantitative estimate of drug-likeness (QED) is 0.363. The van der Waals surface area contributed by atoms with Gasteiger partial charge in [0, 0.05) is 16.4 Å². The zero-order chi connectivity index (χ0) is 24.3. The first-order chi connectivity index (χ1) is 15.3. The monoisotopic (exact) mass is 456 g/mol. The van der Waals surface area contributed by atoms with Crippen molar-refractivity contribution in [1.82, 2.24) is 0 Å². The molecule has 1 heterocycles. The highest BCUT2D eigenvalue weighted by Gasteiger charge is 2.48. The SMILES string of the molecule is C=C(O)/C=C\C.CC.CCC1(CC)CN(c2ccc(Cl)cc2)C(=O)N1c1ccc(C)cc1. The van der Waals surface area contributed by atoms with Gasteiger partial charge in [0.25, 0.3) is 0 Å². The van der Waals surface area contributed by atoms with Gasteiger partial charge in [-0.25, -0.2) is 4.79 Å². The molecule has 0 atom stereocenters. The third-order valence-electron chi connectivity index (χ3n) is 5.45. The first-order valence-corrected chi connectivity index (χ1v) is 11.6. The van der Waals surface area contributed by atoms with Crippen molar-refractivity contribution in [2.75, 3.05) is 16.3 Å². The molecule has 1 aliphatic rings. The highest BCUT2D eigenvalue weighted by Crippen LogP contribution is 2.39. The standard InChI is InChI=1S/C20H23ClN2O.C5H8O.C2H6/c1-4-20(5-2)14-22(17-12-8-16(21)9-13-17)19(24)23(20)18-10-6-15(3)7-11-18;1-3-4-5(2)6;1-2/h6-13H,4-5,14H2,1-3H3;3-4,6H,2H2,1H3;1-2H3/b;4-3-;. The van der Waals surface area contributed by atoms with E-state index in [0.717, 1.165) is 24.2 Å². The Morgan fingerprint density at radius 2 is 1.56 bits per heavy atom. The van der Waals surface area contributed by atoms with E-state index in [0.29, 0.717) is 11.6 Å². The Bertz CT molecular complexity index is 885. The molecule has 2 aromatic rings. The number of nitrogens with zero attached hydrogens (tertiary/aromatic N) is 2. The highest BCUT2D eigenvalue weighted by atomic mass is 35.5. The molecule has 5 heteroatoms. The number of halogens is 1. The molecule has 0 spiro atoms. The van der Waals surface area contributed by atoms with Crippen molar-refractivity contribution in [3.63, 3.8) is 0 Å². The lowest BCUT2D eigenvalue weighted by atomic mass is 9.91. The fourth-order valence-corrected chi connectivity index (χ4v) is 3.77. The largest absolute Gasteiger partial charge is 0.509 e. The first-order valence-electron chi connectivity index (χ1n) is 11.2. The molecular formula is C27H37ClN2O2. The van der Waals surface area contributed by atoms with Gasteiger partial charge in [0.1, 0.15) is 5.76 Å². The van der Waals surface area contributed by atoms with E-state index in [-0.39, 0.29) is 17.3 Å². The Kier molecular flexibility index (Phi) is 11.1. The minimum Gasteiger partial charge on any atom is -0.509 e. The van der Waals surface area contributed by atoms with Gasteiger partial charge in [0.2, 0.25) is 0 Å². The summed E-state index contributed by atoms with van der Waals surface area (Å²) in [5.74, 6) is 0.109. The lowest BCUT2D eigenvalue weighted by Gasteiger charge is -2.35. The van der Waals surface area contributed by atoms with Crippen LogP contribution in [0.4, 0.5) is 16.2 Å². The van der Waals surface area contributed by atoms with E-state index in [4.69, 9.17) is 16.7 Å². The minimum atomic E-state index is -0.189. The molecule has 0 bridgehead atoms. The smallest absolute Gasteiger partial charge is 0.329 e. The van der Waals surface area contributed by atoms with Gasteiger partial charge in [0.05, 0.1) is 12.1 Å². The Balaban J connectivity index is 0.000000556. The van der Waals surface area contributed by atoms with Gasteiger partial charge in [-0.3, -0.25) is 9.80 Å². The third kappa shape index (κ3) is 6.64. The molecular weight excluding hydrogens is 420 g/mol. The van der Waals surface area contributed by atoms with Crippen molar-refractivity contribution in [3.05, 3.63) is 83.6 Å². The van der Waals surface area contributed by atoms with Crippen LogP contribution >= 0.6 is 11.6 Å². The highest BCUT2D eigenvalue weighted by molar-refractivity contribution is 6.30. The van der Waals surface area contributed by atoms with E-state index in [1.807, 2.05) is 67.0 Å². The molecule has 3 rings (SSSR count). The van der Waals surface area contributed by atoms with Crippen molar-refractivity contribution in [2.24, 2.45) is 0 Å². The minimum absolute atomic E-state index is 0.0323. The van der Waals surface area contributed by atoms with E-state index in [1.165, 1.54) is 11.6 Å². The predicted molar refractivity (Wildman–Crippen MR) is 139 cm³/mol. The van der Waals surface area contributed by atoms with Crippen molar-refractivity contribution in [2.45, 2.75) is 59.9 Å². The summed E-state index contributed by atoms with van der Waals surface area (Å²) in [5.41, 5.74) is 2.86. The van der Waals surface area contributed by atoms with Crippen LogP contribution in [-0.2, 0) is 0 Å². The fraction of sp³-hybridized carbons (Fsp3) is 0.370. The normalized spacial score (nSPS) is 14.5. The van der Waals surface area contributed by atoms with Crippen LogP contribution in [0.3, 0.4) is 0 Å². The molecule has 1 aliphatic heterocycles. The number of anilines is 2. The third-order valence-corrected chi connectivity index (χ3v) is 5.71. The number of aryl methyl sites for hydroxylation is 1. The summed E-state index contributed by atoms with van der Waals surface area (Å²) in [5, 5.41) is 8.95. The molecule has 32 heavy (non-hydrogen) atoms. The number of hydrogen-bond acceptors (Lipinski definition) is 2. The van der Waals surface area contributed by atoms with Gasteiger partial charge in [-0.15, -0.1) is 0 Å². The van der Waals surface area contributed by atoms with Gasteiger partial charge in [0.15, 0.2) is 0 Å². The Hall–Kier alpha value is -2.72. The number of carbonyl (C=O) groups is 1. The summed E-state index contributed by atoms with van der Waals surface area (Å²) in [4.78, 5) is 17.1. The molecule has 0 unspecified atom stereocenters. The molecule has 0 aliphatic carbocycles. The number of aliphatic hydroxyl groups is 1. The first kappa shape index (κ1) is 27.3. The van der Waals surface area contributed by atoms with Crippen molar-refractivity contribution >= 4 is 29.0 Å². The molecule has 0 radical (unpaired) electrons. The topological polar surface area (TPSA) is 43.8 Å². The average molecular weight is 457 g/mol. The van der Waals surface area contributed by atoms with Crippen LogP contribution in [0.25, 0.3) is 0 Å². The van der Waals surface area contributed by atoms with Gasteiger partial charge >= 0.3 is 6.03 Å². The molecule has 174 valence electrons. The fourth-order valence-electron chi connectivity index (χ4n) is 3.64. The summed E-state index contributed by atoms with van der Waals surface area (Å²) < 4.78 is 0. The maximum atomic E-state index is 13.2. The number of urea groups is 1. The van der Waals surface area contributed by atoms with E-state index in [1.54, 1.807) is 6.08 Å². The average Bonchev–Trinajstić information content (AvgIpc) is 3.09. The molecule has 4 nitrogen and oxygen atoms in total. The lowest BCUT2D eigenvalue weighted by Crippen LogP contribution is -2.46. The van der Waals surface area contributed by atoms with Crippen LogP contribution in [0.15, 0.2) is 73.0 Å². The number of amides is 2. The number of benzene rings is 2. The van der Waals surface area contributed by atoms with Crippen LogP contribution < -0.4 is 9.80 Å². The van der Waals surface area contributed by atoms with Crippen molar-refractivity contribution in [3.8, 4) is 0 Å². The lowest BCUT2D eigenvalue weighted by molar-refractivity contribution is 0.253. The molecule has 1 saturated heterocycles.